The molecule has 32 heavy (non-hydrogen) atoms. The van der Waals surface area contributed by atoms with Gasteiger partial charge in [0, 0.05) is 23.5 Å². The van der Waals surface area contributed by atoms with Gasteiger partial charge in [0.05, 0.1) is 0 Å². The number of aromatic nitrogens is 1. The van der Waals surface area contributed by atoms with Gasteiger partial charge in [-0.2, -0.15) is 5.26 Å². The molecule has 1 aromatic heterocycles. The highest BCUT2D eigenvalue weighted by Gasteiger charge is 2.16. The normalized spacial score (nSPS) is 11.1. The zero-order valence-electron chi connectivity index (χ0n) is 18.4. The molecule has 168 valence electrons. The first-order valence-electron chi connectivity index (χ1n) is 9.92. The minimum atomic E-state index is -0.957. The van der Waals surface area contributed by atoms with Gasteiger partial charge in [0.1, 0.15) is 17.5 Å². The van der Waals surface area contributed by atoms with Crippen molar-refractivity contribution in [1.82, 2.24) is 15.4 Å². The van der Waals surface area contributed by atoms with E-state index in [4.69, 9.17) is 4.74 Å². The molecule has 2 amide bonds. The second kappa shape index (κ2) is 10.9. The van der Waals surface area contributed by atoms with Gasteiger partial charge in [-0.25, -0.2) is 9.18 Å². The maximum atomic E-state index is 12.9. The standard InChI is InChI=1S/C23H25FN4O4/c1-14(2)12-28-15(3)9-18(16(28)4)10-19(11-25)23(31)32-13-21(29)26-27-22(30)17-5-7-20(24)8-6-17/h5-10,14H,12-13H2,1-4H3,(H,26,29)(H,27,30). The molecule has 0 aliphatic carbocycles. The smallest absolute Gasteiger partial charge is 0.349 e. The Morgan fingerprint density at radius 2 is 1.84 bits per heavy atom. The molecule has 0 radical (unpaired) electrons. The Balaban J connectivity index is 1.94. The van der Waals surface area contributed by atoms with E-state index in [9.17, 15) is 24.0 Å². The summed E-state index contributed by atoms with van der Waals surface area (Å²) in [6.07, 6.45) is 1.43. The second-order valence-corrected chi connectivity index (χ2v) is 7.59. The van der Waals surface area contributed by atoms with Crippen LogP contribution >= 0.6 is 0 Å². The molecule has 0 bridgehead atoms. The number of amides is 2. The van der Waals surface area contributed by atoms with E-state index >= 15 is 0 Å². The van der Waals surface area contributed by atoms with Crippen molar-refractivity contribution < 1.29 is 23.5 Å². The molecule has 1 heterocycles. The number of hydrogen-bond donors (Lipinski definition) is 2. The molecule has 2 N–H and O–H groups in total. The van der Waals surface area contributed by atoms with Gasteiger partial charge in [-0.15, -0.1) is 0 Å². The third-order valence-electron chi connectivity index (χ3n) is 4.56. The summed E-state index contributed by atoms with van der Waals surface area (Å²) >= 11 is 0. The van der Waals surface area contributed by atoms with Crippen molar-refractivity contribution in [2.75, 3.05) is 6.61 Å². The van der Waals surface area contributed by atoms with Crippen LogP contribution < -0.4 is 10.9 Å². The van der Waals surface area contributed by atoms with Gasteiger partial charge in [0.25, 0.3) is 11.8 Å². The summed E-state index contributed by atoms with van der Waals surface area (Å²) in [6, 6.07) is 8.38. The summed E-state index contributed by atoms with van der Waals surface area (Å²) in [7, 11) is 0. The Kier molecular flexibility index (Phi) is 8.30. The molecule has 2 rings (SSSR count). The highest BCUT2D eigenvalue weighted by Crippen LogP contribution is 2.20. The van der Waals surface area contributed by atoms with Gasteiger partial charge in [0.2, 0.25) is 0 Å². The molecule has 0 aliphatic heterocycles. The van der Waals surface area contributed by atoms with E-state index < -0.39 is 30.2 Å². The fourth-order valence-corrected chi connectivity index (χ4v) is 2.96. The van der Waals surface area contributed by atoms with Crippen LogP contribution in [0.25, 0.3) is 6.08 Å². The van der Waals surface area contributed by atoms with Crippen LogP contribution in [0, 0.1) is 36.9 Å². The fourth-order valence-electron chi connectivity index (χ4n) is 2.96. The highest BCUT2D eigenvalue weighted by molar-refractivity contribution is 5.99. The Bertz CT molecular complexity index is 1080. The highest BCUT2D eigenvalue weighted by atomic mass is 19.1. The zero-order chi connectivity index (χ0) is 23.8. The number of hydrazine groups is 1. The molecular formula is C23H25FN4O4. The molecule has 0 fully saturated rings. The van der Waals surface area contributed by atoms with Crippen molar-refractivity contribution in [3.8, 4) is 6.07 Å². The Morgan fingerprint density at radius 3 is 2.44 bits per heavy atom. The van der Waals surface area contributed by atoms with Crippen molar-refractivity contribution in [1.29, 1.82) is 5.26 Å². The van der Waals surface area contributed by atoms with Crippen LogP contribution in [0.3, 0.4) is 0 Å². The van der Waals surface area contributed by atoms with Gasteiger partial charge < -0.3 is 9.30 Å². The van der Waals surface area contributed by atoms with E-state index in [2.05, 4.69) is 29.3 Å². The number of halogens is 1. The summed E-state index contributed by atoms with van der Waals surface area (Å²) in [4.78, 5) is 35.9. The number of nitriles is 1. The third kappa shape index (κ3) is 6.54. The first-order valence-corrected chi connectivity index (χ1v) is 9.92. The number of rotatable bonds is 7. The van der Waals surface area contributed by atoms with Gasteiger partial charge in [0.15, 0.2) is 6.61 Å². The monoisotopic (exact) mass is 440 g/mol. The molecule has 0 aliphatic rings. The molecule has 2 aromatic rings. The third-order valence-corrected chi connectivity index (χ3v) is 4.56. The molecule has 1 aromatic carbocycles. The van der Waals surface area contributed by atoms with Gasteiger partial charge >= 0.3 is 5.97 Å². The number of hydrogen-bond acceptors (Lipinski definition) is 5. The van der Waals surface area contributed by atoms with Crippen molar-refractivity contribution in [2.45, 2.75) is 34.2 Å². The van der Waals surface area contributed by atoms with Crippen LogP contribution in [0.2, 0.25) is 0 Å². The van der Waals surface area contributed by atoms with Gasteiger partial charge in [-0.1, -0.05) is 13.8 Å². The lowest BCUT2D eigenvalue weighted by molar-refractivity contribution is -0.144. The average molecular weight is 440 g/mol. The Hall–Kier alpha value is -3.93. The maximum Gasteiger partial charge on any atom is 0.349 e. The van der Waals surface area contributed by atoms with E-state index in [-0.39, 0.29) is 11.1 Å². The summed E-state index contributed by atoms with van der Waals surface area (Å²) in [5.74, 6) is -2.50. The van der Waals surface area contributed by atoms with Crippen LogP contribution in [0.15, 0.2) is 35.9 Å². The van der Waals surface area contributed by atoms with Crippen LogP contribution in [0.5, 0.6) is 0 Å². The zero-order valence-corrected chi connectivity index (χ0v) is 18.4. The fraction of sp³-hybridized carbons (Fsp3) is 0.304. The number of nitrogens with zero attached hydrogens (tertiary/aromatic N) is 2. The minimum absolute atomic E-state index is 0.133. The summed E-state index contributed by atoms with van der Waals surface area (Å²) in [5.41, 5.74) is 6.72. The number of nitrogens with one attached hydrogen (secondary N) is 2. The molecule has 0 saturated carbocycles. The summed E-state index contributed by atoms with van der Waals surface area (Å²) < 4.78 is 19.9. The van der Waals surface area contributed by atoms with Crippen molar-refractivity contribution in [3.63, 3.8) is 0 Å². The quantitative estimate of drug-likeness (QED) is 0.298. The minimum Gasteiger partial charge on any atom is -0.451 e. The van der Waals surface area contributed by atoms with Crippen LogP contribution in [0.4, 0.5) is 4.39 Å². The molecule has 0 spiro atoms. The Labute approximate surface area is 185 Å². The maximum absolute atomic E-state index is 12.9. The number of aryl methyl sites for hydroxylation is 1. The van der Waals surface area contributed by atoms with Gasteiger partial charge in [-0.3, -0.25) is 20.4 Å². The number of carbonyl (C=O) groups is 3. The van der Waals surface area contributed by atoms with E-state index in [1.807, 2.05) is 19.9 Å². The predicted molar refractivity (Wildman–Crippen MR) is 115 cm³/mol. The SMILES string of the molecule is Cc1cc(C=C(C#N)C(=O)OCC(=O)NNC(=O)c2ccc(F)cc2)c(C)n1CC(C)C. The number of carbonyl (C=O) groups excluding carboxylic acids is 3. The Morgan fingerprint density at radius 1 is 1.19 bits per heavy atom. The van der Waals surface area contributed by atoms with Crippen molar-refractivity contribution in [2.24, 2.45) is 5.92 Å². The lowest BCUT2D eigenvalue weighted by atomic mass is 10.1. The van der Waals surface area contributed by atoms with E-state index in [1.54, 1.807) is 6.07 Å². The molecule has 0 unspecified atom stereocenters. The summed E-state index contributed by atoms with van der Waals surface area (Å²) in [6.45, 7) is 8.15. The molecule has 0 saturated heterocycles. The van der Waals surface area contributed by atoms with Crippen LogP contribution in [0.1, 0.15) is 41.2 Å². The van der Waals surface area contributed by atoms with Crippen molar-refractivity contribution in [3.05, 3.63) is 64.2 Å². The van der Waals surface area contributed by atoms with Crippen molar-refractivity contribution >= 4 is 23.9 Å². The number of ether oxygens (including phenoxy) is 1. The van der Waals surface area contributed by atoms with Gasteiger partial charge in [-0.05, 0) is 61.7 Å². The first kappa shape index (κ1) is 24.3. The average Bonchev–Trinajstić information content (AvgIpc) is 3.01. The van der Waals surface area contributed by atoms with E-state index in [0.717, 1.165) is 30.1 Å². The van der Waals surface area contributed by atoms with Crippen LogP contribution in [-0.2, 0) is 20.9 Å². The number of benzene rings is 1. The second-order valence-electron chi connectivity index (χ2n) is 7.59. The molecule has 9 heteroatoms. The lowest BCUT2D eigenvalue weighted by Gasteiger charge is -2.12. The lowest BCUT2D eigenvalue weighted by Crippen LogP contribution is -2.43. The molecule has 8 nitrogen and oxygen atoms in total. The number of esters is 1. The first-order chi connectivity index (χ1) is 15.1. The van der Waals surface area contributed by atoms with E-state index in [1.165, 1.54) is 18.2 Å². The largest absolute Gasteiger partial charge is 0.451 e. The van der Waals surface area contributed by atoms with Crippen LogP contribution in [-0.4, -0.2) is 29.0 Å². The molecule has 0 atom stereocenters. The summed E-state index contributed by atoms with van der Waals surface area (Å²) in [5, 5.41) is 9.35. The topological polar surface area (TPSA) is 113 Å². The molecular weight excluding hydrogens is 415 g/mol. The van der Waals surface area contributed by atoms with E-state index in [0.29, 0.717) is 11.5 Å². The predicted octanol–water partition coefficient (Wildman–Crippen LogP) is 2.81.